The highest BCUT2D eigenvalue weighted by atomic mass is 31.2. The summed E-state index contributed by atoms with van der Waals surface area (Å²) >= 11 is 0. The minimum Gasteiger partial charge on any atom is -0.440 e. The number of nitrogens with two attached hydrogens (primary N) is 1. The van der Waals surface area contributed by atoms with Crippen molar-refractivity contribution in [1.29, 1.82) is 0 Å². The van der Waals surface area contributed by atoms with Crippen LogP contribution in [0, 0.1) is 11.8 Å². The van der Waals surface area contributed by atoms with E-state index in [0.29, 0.717) is 16.7 Å². The smallest absolute Gasteiger partial charge is 0.440 e. The summed E-state index contributed by atoms with van der Waals surface area (Å²) in [6, 6.07) is 20.5. The van der Waals surface area contributed by atoms with Gasteiger partial charge in [-0.15, -0.1) is 0 Å². The van der Waals surface area contributed by atoms with E-state index in [9.17, 15) is 50.1 Å². The zero-order valence-corrected chi connectivity index (χ0v) is 36.4. The Morgan fingerprint density at radius 2 is 1.37 bits per heavy atom. The van der Waals surface area contributed by atoms with Crippen molar-refractivity contribution in [2.24, 2.45) is 22.6 Å². The lowest BCUT2D eigenvalue weighted by Crippen LogP contribution is -2.51. The number of primary amides is 1. The molecule has 0 spiro atoms. The van der Waals surface area contributed by atoms with Gasteiger partial charge in [0.05, 0.1) is 34.8 Å². The van der Waals surface area contributed by atoms with Crippen LogP contribution in [0.5, 0.6) is 0 Å². The van der Waals surface area contributed by atoms with Crippen molar-refractivity contribution in [2.75, 3.05) is 11.6 Å². The van der Waals surface area contributed by atoms with Crippen molar-refractivity contribution >= 4 is 42.9 Å². The normalized spacial score (nSPS) is 16.1. The maximum absolute atomic E-state index is 14.4. The fourth-order valence-corrected chi connectivity index (χ4v) is 8.25. The van der Waals surface area contributed by atoms with Crippen LogP contribution >= 0.6 is 7.82 Å². The molecule has 0 radical (unpaired) electrons. The third-order valence-electron chi connectivity index (χ3n) is 9.11. The predicted molar refractivity (Wildman–Crippen MR) is 220 cm³/mol. The third kappa shape index (κ3) is 15.9. The number of carbonyl (C=O) groups excluding carboxylic acids is 4. The Bertz CT molecular complexity index is 2130. The molecule has 3 atom stereocenters. The summed E-state index contributed by atoms with van der Waals surface area (Å²) in [6.45, 7) is 9.15. The number of aliphatic imine (C=N–C) groups is 1. The first-order valence-electron chi connectivity index (χ1n) is 19.8. The van der Waals surface area contributed by atoms with Gasteiger partial charge >= 0.3 is 26.1 Å². The second-order valence-electron chi connectivity index (χ2n) is 16.7. The third-order valence-corrected chi connectivity index (χ3v) is 11.1. The first kappa shape index (κ1) is 50.5. The number of nitrogens with one attached hydrogen (secondary N) is 1. The minimum atomic E-state index is -4.79. The van der Waals surface area contributed by atoms with E-state index in [1.54, 1.807) is 90.1 Å². The number of alkyl halides is 6. The summed E-state index contributed by atoms with van der Waals surface area (Å²) in [5.41, 5.74) is 5.30. The molecule has 3 N–H and O–H groups in total. The van der Waals surface area contributed by atoms with E-state index < -0.39 is 112 Å². The molecule has 3 aromatic rings. The second kappa shape index (κ2) is 20.6. The first-order chi connectivity index (χ1) is 29.1. The first-order valence-corrected chi connectivity index (χ1v) is 21.3. The number of hydrogen-bond donors (Lipinski definition) is 2. The van der Waals surface area contributed by atoms with Crippen molar-refractivity contribution in [3.63, 3.8) is 0 Å². The van der Waals surface area contributed by atoms with Crippen LogP contribution in [0.25, 0.3) is 0 Å². The van der Waals surface area contributed by atoms with Crippen LogP contribution in [-0.2, 0) is 43.9 Å². The van der Waals surface area contributed by atoms with Crippen LogP contribution in [0.3, 0.4) is 0 Å². The van der Waals surface area contributed by atoms with E-state index in [1.807, 2.05) is 0 Å². The summed E-state index contributed by atoms with van der Waals surface area (Å²) in [4.78, 5) is 59.9. The lowest BCUT2D eigenvalue weighted by Gasteiger charge is -2.30. The largest absolute Gasteiger partial charge is 0.476 e. The fraction of sp³-hybridized carbons (Fsp3) is 0.465. The van der Waals surface area contributed by atoms with Crippen molar-refractivity contribution < 1.29 is 68.4 Å². The number of nitrogens with zero attached hydrogens (tertiary/aromatic N) is 2. The summed E-state index contributed by atoms with van der Waals surface area (Å²) in [5.74, 6) is -8.17. The minimum absolute atomic E-state index is 0.0264. The molecule has 0 saturated carbocycles. The van der Waals surface area contributed by atoms with Gasteiger partial charge in [0.2, 0.25) is 18.0 Å². The molecule has 3 unspecified atom stereocenters. The highest BCUT2D eigenvalue weighted by Crippen LogP contribution is 2.56. The average molecular weight is 913 g/mol. The number of hydrogen-bond acceptors (Lipinski definition) is 10. The Morgan fingerprint density at radius 3 is 1.92 bits per heavy atom. The van der Waals surface area contributed by atoms with Gasteiger partial charge in [-0.1, -0.05) is 60.7 Å². The number of esters is 1. The molecule has 0 aliphatic carbocycles. The molecule has 20 heteroatoms. The van der Waals surface area contributed by atoms with E-state index in [4.69, 9.17) is 24.0 Å². The second-order valence-corrected chi connectivity index (χ2v) is 18.2. The molecule has 0 saturated heterocycles. The number of fused-ring (bicyclic) bond motifs is 1. The summed E-state index contributed by atoms with van der Waals surface area (Å²) in [5, 5.41) is 2.35. The van der Waals surface area contributed by atoms with Gasteiger partial charge in [0.25, 0.3) is 5.91 Å². The number of rotatable bonds is 18. The number of ether oxygens (including phenoxy) is 1. The molecule has 0 fully saturated rings. The van der Waals surface area contributed by atoms with Crippen LogP contribution in [0.4, 0.5) is 32.0 Å². The zero-order valence-electron chi connectivity index (χ0n) is 35.5. The molecule has 1 aliphatic rings. The topological polar surface area (TPSA) is 176 Å². The number of phosphoric acid groups is 1. The Balaban J connectivity index is 1.63. The molecule has 1 aliphatic heterocycles. The van der Waals surface area contributed by atoms with Gasteiger partial charge in [-0.2, -0.15) is 26.3 Å². The standard InChI is InChI=1S/C43H51F6N4O9P/c1-40(2,3)61-63(58,62-41(4,5)6)60-25-27-18-20-29(21-19-27)39(57)59-26-53-33-17-11-10-15-32(33)34(28-13-8-7-9-14-28)51-36(38(53)56)52-37(55)31(16-12-23-42(44,45)46)30(35(50)54)22-24-43(47,48)49/h7-11,13-15,17-21,30-31,36H,12,16,22-26H2,1-6H3,(H2,50,54)(H,52,55). The molecule has 3 amide bonds. The van der Waals surface area contributed by atoms with E-state index in [0.717, 1.165) is 4.90 Å². The fourth-order valence-electron chi connectivity index (χ4n) is 6.46. The van der Waals surface area contributed by atoms with Gasteiger partial charge in [-0.05, 0) is 84.6 Å². The number of para-hydroxylation sites is 1. The van der Waals surface area contributed by atoms with E-state index in [1.165, 1.54) is 30.3 Å². The Labute approximate surface area is 361 Å². The highest BCUT2D eigenvalue weighted by Gasteiger charge is 2.41. The molecular weight excluding hydrogens is 861 g/mol. The molecule has 63 heavy (non-hydrogen) atoms. The van der Waals surface area contributed by atoms with Crippen molar-refractivity contribution in [1.82, 2.24) is 5.32 Å². The average Bonchev–Trinajstić information content (AvgIpc) is 3.27. The Hall–Kier alpha value is -5.10. The number of anilines is 1. The van der Waals surface area contributed by atoms with Gasteiger partial charge < -0.3 is 15.8 Å². The van der Waals surface area contributed by atoms with Gasteiger partial charge in [-0.3, -0.25) is 32.9 Å². The molecule has 4 rings (SSSR count). The maximum atomic E-state index is 14.4. The molecule has 0 aromatic heterocycles. The number of halogens is 6. The van der Waals surface area contributed by atoms with Crippen molar-refractivity contribution in [3.8, 4) is 0 Å². The molecule has 0 bridgehead atoms. The number of amides is 3. The van der Waals surface area contributed by atoms with Crippen molar-refractivity contribution in [3.05, 3.63) is 101 Å². The number of benzene rings is 3. The van der Waals surface area contributed by atoms with Crippen LogP contribution in [0.2, 0.25) is 0 Å². The monoisotopic (exact) mass is 912 g/mol. The number of phosphoric ester groups is 1. The number of carbonyl (C=O) groups is 4. The summed E-state index contributed by atoms with van der Waals surface area (Å²) in [7, 11) is -4.06. The van der Waals surface area contributed by atoms with E-state index in [-0.39, 0.29) is 23.6 Å². The Kier molecular flexibility index (Phi) is 16.5. The molecule has 1 heterocycles. The predicted octanol–water partition coefficient (Wildman–Crippen LogP) is 9.18. The van der Waals surface area contributed by atoms with Crippen molar-refractivity contribution in [2.45, 2.75) is 110 Å². The van der Waals surface area contributed by atoms with E-state index >= 15 is 0 Å². The van der Waals surface area contributed by atoms with Crippen LogP contribution in [0.15, 0.2) is 83.9 Å². The van der Waals surface area contributed by atoms with E-state index in [2.05, 4.69) is 10.3 Å². The van der Waals surface area contributed by atoms with Gasteiger partial charge in [0, 0.05) is 35.8 Å². The summed E-state index contributed by atoms with van der Waals surface area (Å²) in [6.07, 6.45) is -16.8. The zero-order chi connectivity index (χ0) is 47.0. The lowest BCUT2D eigenvalue weighted by molar-refractivity contribution is -0.147. The molecule has 13 nitrogen and oxygen atoms in total. The maximum Gasteiger partial charge on any atom is 0.476 e. The lowest BCUT2D eigenvalue weighted by atomic mass is 9.83. The quantitative estimate of drug-likeness (QED) is 0.0716. The van der Waals surface area contributed by atoms with Gasteiger partial charge in [0.15, 0.2) is 6.73 Å². The number of benzodiazepines with no additional fused rings is 1. The molecule has 344 valence electrons. The molecule has 3 aromatic carbocycles. The molecular formula is C43H51F6N4O9P. The highest BCUT2D eigenvalue weighted by molar-refractivity contribution is 7.48. The summed E-state index contributed by atoms with van der Waals surface area (Å²) < 4.78 is 115. The van der Waals surface area contributed by atoms with Crippen LogP contribution in [-0.4, -0.2) is 65.9 Å². The van der Waals surface area contributed by atoms with Gasteiger partial charge in [-0.25, -0.2) is 14.4 Å². The van der Waals surface area contributed by atoms with Crippen LogP contribution in [0.1, 0.15) is 101 Å². The SMILES string of the molecule is CC(C)(C)OP(=O)(OCc1ccc(C(=O)OCN2C(=O)C(NC(=O)C(CCCC(F)(F)F)C(CCC(F)(F)F)C(N)=O)N=C(c3ccccc3)c3ccccc32)cc1)OC(C)(C)C. The van der Waals surface area contributed by atoms with Crippen LogP contribution < -0.4 is 16.0 Å². The Morgan fingerprint density at radius 1 is 0.794 bits per heavy atom. The van der Waals surface area contributed by atoms with Gasteiger partial charge in [0.1, 0.15) is 0 Å².